The Morgan fingerprint density at radius 2 is 1.93 bits per heavy atom. The lowest BCUT2D eigenvalue weighted by Gasteiger charge is -2.26. The number of nitrogens with one attached hydrogen (secondary N) is 3. The Kier molecular flexibility index (Phi) is 9.42. The second kappa shape index (κ2) is 11.8. The minimum atomic E-state index is -0.0469. The Labute approximate surface area is 195 Å². The van der Waals surface area contributed by atoms with Crippen LogP contribution in [0.15, 0.2) is 53.5 Å². The lowest BCUT2D eigenvalue weighted by atomic mass is 9.90. The highest BCUT2D eigenvalue weighted by Gasteiger charge is 2.24. The van der Waals surface area contributed by atoms with Gasteiger partial charge in [-0.05, 0) is 44.5 Å². The van der Waals surface area contributed by atoms with Crippen LogP contribution < -0.4 is 20.7 Å². The van der Waals surface area contributed by atoms with E-state index in [1.54, 1.807) is 0 Å². The summed E-state index contributed by atoms with van der Waals surface area (Å²) >= 11 is 0. The molecule has 3 rings (SSSR count). The molecule has 2 unspecified atom stereocenters. The van der Waals surface area contributed by atoms with Crippen LogP contribution in [0, 0.1) is 6.92 Å². The zero-order chi connectivity index (χ0) is 20.6. The van der Waals surface area contributed by atoms with Crippen molar-refractivity contribution in [3.05, 3.63) is 59.7 Å². The van der Waals surface area contributed by atoms with Gasteiger partial charge in [-0.3, -0.25) is 4.79 Å². The van der Waals surface area contributed by atoms with E-state index in [0.29, 0.717) is 19.5 Å². The molecule has 0 bridgehead atoms. The summed E-state index contributed by atoms with van der Waals surface area (Å²) in [5.41, 5.74) is 3.27. The van der Waals surface area contributed by atoms with Crippen LogP contribution in [-0.4, -0.2) is 37.6 Å². The molecule has 0 aliphatic carbocycles. The Morgan fingerprint density at radius 3 is 2.67 bits per heavy atom. The molecule has 0 saturated carbocycles. The first kappa shape index (κ1) is 24.0. The molecule has 1 heterocycles. The molecular weight excluding hydrogens is 491 g/mol. The smallest absolute Gasteiger partial charge is 0.225 e. The monoisotopic (exact) mass is 522 g/mol. The van der Waals surface area contributed by atoms with Crippen molar-refractivity contribution in [3.63, 3.8) is 0 Å². The van der Waals surface area contributed by atoms with Gasteiger partial charge < -0.3 is 20.7 Å². The third-order valence-corrected chi connectivity index (χ3v) is 4.83. The number of halogens is 1. The first-order chi connectivity index (χ1) is 14.0. The number of guanidine groups is 1. The van der Waals surface area contributed by atoms with Crippen LogP contribution in [-0.2, 0) is 4.79 Å². The second-order valence-electron chi connectivity index (χ2n) is 7.38. The molecule has 1 amide bonds. The number of carbonyl (C=O) groups excluding carboxylic acids is 1. The zero-order valence-electron chi connectivity index (χ0n) is 17.8. The van der Waals surface area contributed by atoms with E-state index in [4.69, 9.17) is 4.74 Å². The quantitative estimate of drug-likeness (QED) is 0.291. The number of rotatable bonds is 7. The molecule has 0 radical (unpaired) electrons. The van der Waals surface area contributed by atoms with Gasteiger partial charge >= 0.3 is 0 Å². The summed E-state index contributed by atoms with van der Waals surface area (Å²) in [7, 11) is 0. The number of fused-ring (bicyclic) bond motifs is 1. The summed E-state index contributed by atoms with van der Waals surface area (Å²) in [6.07, 6.45) is 0.422. The fourth-order valence-corrected chi connectivity index (χ4v) is 3.35. The summed E-state index contributed by atoms with van der Waals surface area (Å²) in [5, 5.41) is 9.59. The van der Waals surface area contributed by atoms with E-state index >= 15 is 0 Å². The van der Waals surface area contributed by atoms with Gasteiger partial charge in [0, 0.05) is 31.1 Å². The van der Waals surface area contributed by atoms with Crippen LogP contribution in [0.25, 0.3) is 0 Å². The number of nitrogens with zero attached hydrogens (tertiary/aromatic N) is 1. The number of para-hydroxylation sites is 1. The number of hydrogen-bond acceptors (Lipinski definition) is 3. The Morgan fingerprint density at radius 1 is 1.20 bits per heavy atom. The fraction of sp³-hybridized carbons (Fsp3) is 0.391. The Bertz CT molecular complexity index is 855. The van der Waals surface area contributed by atoms with E-state index in [1.165, 1.54) is 5.56 Å². The third-order valence-electron chi connectivity index (χ3n) is 4.83. The molecule has 0 fully saturated rings. The molecular formula is C23H31IN4O2. The molecule has 1 aliphatic heterocycles. The number of amides is 1. The van der Waals surface area contributed by atoms with Gasteiger partial charge in [-0.2, -0.15) is 0 Å². The Balaban J connectivity index is 0.00000320. The summed E-state index contributed by atoms with van der Waals surface area (Å²) in [4.78, 5) is 16.7. The normalized spacial score (nSPS) is 16.6. The molecule has 0 spiro atoms. The first-order valence-electron chi connectivity index (χ1n) is 10.2. The molecule has 30 heavy (non-hydrogen) atoms. The summed E-state index contributed by atoms with van der Waals surface area (Å²) in [6, 6.07) is 16.0. The van der Waals surface area contributed by atoms with Crippen molar-refractivity contribution in [3.8, 4) is 5.75 Å². The highest BCUT2D eigenvalue weighted by molar-refractivity contribution is 14.0. The van der Waals surface area contributed by atoms with Crippen molar-refractivity contribution in [1.82, 2.24) is 10.6 Å². The molecule has 2 atom stereocenters. The number of benzene rings is 2. The molecule has 2 aromatic rings. The molecule has 162 valence electrons. The zero-order valence-corrected chi connectivity index (χ0v) is 20.1. The topological polar surface area (TPSA) is 74.8 Å². The third kappa shape index (κ3) is 6.90. The van der Waals surface area contributed by atoms with Gasteiger partial charge in [0.1, 0.15) is 11.9 Å². The van der Waals surface area contributed by atoms with Crippen LogP contribution in [0.4, 0.5) is 5.69 Å². The van der Waals surface area contributed by atoms with Crippen LogP contribution in [0.3, 0.4) is 0 Å². The first-order valence-corrected chi connectivity index (χ1v) is 10.2. The number of anilines is 1. The van der Waals surface area contributed by atoms with Crippen LogP contribution in [0.5, 0.6) is 5.75 Å². The van der Waals surface area contributed by atoms with E-state index in [9.17, 15) is 4.79 Å². The molecule has 1 aliphatic rings. The van der Waals surface area contributed by atoms with Gasteiger partial charge in [-0.15, -0.1) is 24.0 Å². The highest BCUT2D eigenvalue weighted by Crippen LogP contribution is 2.31. The molecule has 0 saturated heterocycles. The van der Waals surface area contributed by atoms with Crippen molar-refractivity contribution in [2.75, 3.05) is 25.0 Å². The predicted molar refractivity (Wildman–Crippen MR) is 133 cm³/mol. The SMILES string of the molecule is CCNC(=NCC(C)Oc1ccc(C)cc1)NCC1CC(=O)Nc2ccccc21.I. The number of aliphatic imine (C=N–C) groups is 1. The average molecular weight is 522 g/mol. The van der Waals surface area contributed by atoms with E-state index in [2.05, 4.69) is 33.9 Å². The van der Waals surface area contributed by atoms with Crippen LogP contribution in [0.1, 0.15) is 37.3 Å². The van der Waals surface area contributed by atoms with Gasteiger partial charge in [0.15, 0.2) is 5.96 Å². The number of aryl methyl sites for hydroxylation is 1. The molecule has 7 heteroatoms. The molecule has 3 N–H and O–H groups in total. The van der Waals surface area contributed by atoms with Crippen molar-refractivity contribution < 1.29 is 9.53 Å². The molecule has 2 aromatic carbocycles. The average Bonchev–Trinajstić information content (AvgIpc) is 2.71. The fourth-order valence-electron chi connectivity index (χ4n) is 3.35. The van der Waals surface area contributed by atoms with E-state index in [1.807, 2.05) is 56.3 Å². The minimum Gasteiger partial charge on any atom is -0.489 e. The van der Waals surface area contributed by atoms with Crippen molar-refractivity contribution in [1.29, 1.82) is 0 Å². The van der Waals surface area contributed by atoms with Gasteiger partial charge in [0.25, 0.3) is 0 Å². The van der Waals surface area contributed by atoms with E-state index in [-0.39, 0.29) is 41.9 Å². The number of carbonyl (C=O) groups is 1. The van der Waals surface area contributed by atoms with Crippen molar-refractivity contribution in [2.24, 2.45) is 4.99 Å². The van der Waals surface area contributed by atoms with Gasteiger partial charge in [-0.1, -0.05) is 35.9 Å². The highest BCUT2D eigenvalue weighted by atomic mass is 127. The second-order valence-corrected chi connectivity index (χ2v) is 7.38. The standard InChI is InChI=1S/C23H30N4O2.HI/c1-4-24-23(25-14-17(3)29-19-11-9-16(2)10-12-19)26-15-18-13-22(28)27-21-8-6-5-7-20(18)21;/h5-12,17-18H,4,13-15H2,1-3H3,(H,27,28)(H2,24,25,26);1H. The van der Waals surface area contributed by atoms with E-state index in [0.717, 1.165) is 29.5 Å². The number of hydrogen-bond donors (Lipinski definition) is 3. The van der Waals surface area contributed by atoms with Gasteiger partial charge in [0.05, 0.1) is 6.54 Å². The molecule has 6 nitrogen and oxygen atoms in total. The van der Waals surface area contributed by atoms with Crippen LogP contribution in [0.2, 0.25) is 0 Å². The summed E-state index contributed by atoms with van der Waals surface area (Å²) < 4.78 is 5.94. The largest absolute Gasteiger partial charge is 0.489 e. The maximum atomic E-state index is 12.0. The predicted octanol–water partition coefficient (Wildman–Crippen LogP) is 4.06. The summed E-state index contributed by atoms with van der Waals surface area (Å²) in [6.45, 7) is 8.04. The molecule has 0 aromatic heterocycles. The maximum absolute atomic E-state index is 12.0. The van der Waals surface area contributed by atoms with Gasteiger partial charge in [-0.25, -0.2) is 4.99 Å². The lowest BCUT2D eigenvalue weighted by Crippen LogP contribution is -2.41. The van der Waals surface area contributed by atoms with Gasteiger partial charge in [0.2, 0.25) is 5.91 Å². The number of ether oxygens (including phenoxy) is 1. The van der Waals surface area contributed by atoms with E-state index < -0.39 is 0 Å². The summed E-state index contributed by atoms with van der Waals surface area (Å²) in [5.74, 6) is 1.75. The van der Waals surface area contributed by atoms with Crippen molar-refractivity contribution in [2.45, 2.75) is 39.2 Å². The van der Waals surface area contributed by atoms with Crippen molar-refractivity contribution >= 4 is 41.5 Å². The van der Waals surface area contributed by atoms with Crippen LogP contribution >= 0.6 is 24.0 Å². The maximum Gasteiger partial charge on any atom is 0.225 e. The Hall–Kier alpha value is -2.29. The lowest BCUT2D eigenvalue weighted by molar-refractivity contribution is -0.116. The minimum absolute atomic E-state index is 0.